The Morgan fingerprint density at radius 1 is 1.27 bits per heavy atom. The van der Waals surface area contributed by atoms with E-state index in [2.05, 4.69) is 4.98 Å². The zero-order valence-corrected chi connectivity index (χ0v) is 12.2. The third-order valence-electron chi connectivity index (χ3n) is 3.54. The van der Waals surface area contributed by atoms with Gasteiger partial charge in [-0.3, -0.25) is 9.36 Å². The number of carboxylic acids is 1. The number of aromatic nitrogens is 2. The van der Waals surface area contributed by atoms with Gasteiger partial charge in [0.25, 0.3) is 5.56 Å². The Morgan fingerprint density at radius 3 is 2.59 bits per heavy atom. The van der Waals surface area contributed by atoms with Crippen molar-refractivity contribution in [2.45, 2.75) is 20.4 Å². The Labute approximate surface area is 125 Å². The molecule has 0 atom stereocenters. The maximum Gasteiger partial charge on any atom is 0.340 e. The number of nitrogens with zero attached hydrogens (tertiary/aromatic N) is 2. The number of fused-ring (bicyclic) bond motifs is 1. The van der Waals surface area contributed by atoms with E-state index in [1.165, 1.54) is 17.8 Å². The number of hydrogen-bond acceptors (Lipinski definition) is 4. The van der Waals surface area contributed by atoms with Gasteiger partial charge >= 0.3 is 5.97 Å². The van der Waals surface area contributed by atoms with Gasteiger partial charge in [-0.05, 0) is 19.4 Å². The average molecular weight is 298 g/mol. The number of benzene rings is 1. The maximum absolute atomic E-state index is 12.5. The van der Waals surface area contributed by atoms with E-state index in [4.69, 9.17) is 4.42 Å². The lowest BCUT2D eigenvalue weighted by atomic mass is 10.1. The standard InChI is InChI=1S/C16H14N2O4/c1-9-3-5-11(6-4-9)7-18-8-17-14-13(15(18)19)12(16(20)21)10(2)22-14/h3-6,8H,7H2,1-2H3,(H,20,21). The summed E-state index contributed by atoms with van der Waals surface area (Å²) in [5.74, 6) is -1.01. The number of aromatic carboxylic acids is 1. The summed E-state index contributed by atoms with van der Waals surface area (Å²) in [6.45, 7) is 3.82. The molecule has 0 bridgehead atoms. The molecule has 0 amide bonds. The Morgan fingerprint density at radius 2 is 1.95 bits per heavy atom. The highest BCUT2D eigenvalue weighted by atomic mass is 16.4. The first-order valence-corrected chi connectivity index (χ1v) is 6.74. The number of rotatable bonds is 3. The molecule has 112 valence electrons. The normalized spacial score (nSPS) is 11.0. The molecule has 6 nitrogen and oxygen atoms in total. The van der Waals surface area contributed by atoms with Gasteiger partial charge in [0.1, 0.15) is 23.0 Å². The molecule has 2 heterocycles. The van der Waals surface area contributed by atoms with Crippen molar-refractivity contribution in [1.82, 2.24) is 9.55 Å². The molecule has 6 heteroatoms. The first kappa shape index (κ1) is 14.1. The van der Waals surface area contributed by atoms with Gasteiger partial charge in [0.15, 0.2) is 0 Å². The molecule has 0 unspecified atom stereocenters. The molecule has 3 aromatic rings. The lowest BCUT2D eigenvalue weighted by Crippen LogP contribution is -2.22. The van der Waals surface area contributed by atoms with E-state index in [1.807, 2.05) is 31.2 Å². The molecule has 2 aromatic heterocycles. The lowest BCUT2D eigenvalue weighted by molar-refractivity contribution is 0.0697. The quantitative estimate of drug-likeness (QED) is 0.802. The minimum absolute atomic E-state index is 0.0135. The zero-order valence-electron chi connectivity index (χ0n) is 12.2. The van der Waals surface area contributed by atoms with Crippen LogP contribution < -0.4 is 5.56 Å². The molecule has 0 aliphatic carbocycles. The Kier molecular flexibility index (Phi) is 3.29. The molecule has 1 N–H and O–H groups in total. The van der Waals surface area contributed by atoms with E-state index >= 15 is 0 Å². The van der Waals surface area contributed by atoms with E-state index in [1.54, 1.807) is 0 Å². The zero-order chi connectivity index (χ0) is 15.9. The van der Waals surface area contributed by atoms with Crippen molar-refractivity contribution < 1.29 is 14.3 Å². The molecule has 0 saturated carbocycles. The Bertz CT molecular complexity index is 920. The highest BCUT2D eigenvalue weighted by Gasteiger charge is 2.22. The Hall–Kier alpha value is -2.89. The number of carbonyl (C=O) groups is 1. The van der Waals surface area contributed by atoms with Crippen molar-refractivity contribution in [1.29, 1.82) is 0 Å². The van der Waals surface area contributed by atoms with Crippen LogP contribution in [-0.4, -0.2) is 20.6 Å². The first-order valence-electron chi connectivity index (χ1n) is 6.74. The van der Waals surface area contributed by atoms with Crippen LogP contribution in [0.2, 0.25) is 0 Å². The molecule has 0 aliphatic heterocycles. The molecule has 0 saturated heterocycles. The predicted molar refractivity (Wildman–Crippen MR) is 80.2 cm³/mol. The van der Waals surface area contributed by atoms with Crippen LogP contribution in [0.4, 0.5) is 0 Å². The molecular weight excluding hydrogens is 284 g/mol. The number of hydrogen-bond donors (Lipinski definition) is 1. The summed E-state index contributed by atoms with van der Waals surface area (Å²) in [6, 6.07) is 7.75. The van der Waals surface area contributed by atoms with Gasteiger partial charge in [0, 0.05) is 0 Å². The molecule has 1 aromatic carbocycles. The van der Waals surface area contributed by atoms with Crippen LogP contribution >= 0.6 is 0 Å². The SMILES string of the molecule is Cc1ccc(Cn2cnc3oc(C)c(C(=O)O)c3c2=O)cc1. The highest BCUT2D eigenvalue weighted by Crippen LogP contribution is 2.20. The number of furan rings is 1. The summed E-state index contributed by atoms with van der Waals surface area (Å²) in [5.41, 5.74) is 1.58. The predicted octanol–water partition coefficient (Wildman–Crippen LogP) is 2.35. The van der Waals surface area contributed by atoms with Crippen LogP contribution in [0.15, 0.2) is 39.8 Å². The fourth-order valence-electron chi connectivity index (χ4n) is 2.40. The maximum atomic E-state index is 12.5. The van der Waals surface area contributed by atoms with Crippen LogP contribution in [0.25, 0.3) is 11.1 Å². The molecule has 0 radical (unpaired) electrons. The van der Waals surface area contributed by atoms with Crippen LogP contribution in [-0.2, 0) is 6.54 Å². The molecule has 3 rings (SSSR count). The fraction of sp³-hybridized carbons (Fsp3) is 0.188. The van der Waals surface area contributed by atoms with Crippen LogP contribution in [0.1, 0.15) is 27.2 Å². The summed E-state index contributed by atoms with van der Waals surface area (Å²) in [6.07, 6.45) is 1.37. The van der Waals surface area contributed by atoms with Crippen LogP contribution in [0.5, 0.6) is 0 Å². The van der Waals surface area contributed by atoms with Gasteiger partial charge in [-0.1, -0.05) is 29.8 Å². The second-order valence-electron chi connectivity index (χ2n) is 5.18. The summed E-state index contributed by atoms with van der Waals surface area (Å²) in [4.78, 5) is 27.9. The van der Waals surface area contributed by atoms with Crippen LogP contribution in [0.3, 0.4) is 0 Å². The molecule has 0 spiro atoms. The fourth-order valence-corrected chi connectivity index (χ4v) is 2.40. The summed E-state index contributed by atoms with van der Waals surface area (Å²) in [5, 5.41) is 9.27. The highest BCUT2D eigenvalue weighted by molar-refractivity contribution is 6.02. The van der Waals surface area contributed by atoms with E-state index in [0.29, 0.717) is 6.54 Å². The summed E-state index contributed by atoms with van der Waals surface area (Å²) >= 11 is 0. The monoisotopic (exact) mass is 298 g/mol. The van der Waals surface area contributed by atoms with Crippen molar-refractivity contribution in [2.75, 3.05) is 0 Å². The molecule has 0 fully saturated rings. The van der Waals surface area contributed by atoms with E-state index in [0.717, 1.165) is 11.1 Å². The van der Waals surface area contributed by atoms with Gasteiger partial charge in [-0.25, -0.2) is 9.78 Å². The minimum Gasteiger partial charge on any atom is -0.478 e. The van der Waals surface area contributed by atoms with Crippen molar-refractivity contribution >= 4 is 17.1 Å². The van der Waals surface area contributed by atoms with Crippen molar-refractivity contribution in [3.8, 4) is 0 Å². The van der Waals surface area contributed by atoms with E-state index < -0.39 is 11.5 Å². The van der Waals surface area contributed by atoms with Crippen molar-refractivity contribution in [2.24, 2.45) is 0 Å². The second kappa shape index (κ2) is 5.14. The van der Waals surface area contributed by atoms with Crippen molar-refractivity contribution in [3.63, 3.8) is 0 Å². The summed E-state index contributed by atoms with van der Waals surface area (Å²) in [7, 11) is 0. The minimum atomic E-state index is -1.19. The molecular formula is C16H14N2O4. The van der Waals surface area contributed by atoms with E-state index in [-0.39, 0.29) is 22.4 Å². The number of aryl methyl sites for hydroxylation is 2. The lowest BCUT2D eigenvalue weighted by Gasteiger charge is -2.05. The van der Waals surface area contributed by atoms with Gasteiger partial charge in [-0.2, -0.15) is 0 Å². The number of carboxylic acid groups (broad SMARTS) is 1. The smallest absolute Gasteiger partial charge is 0.340 e. The Balaban J connectivity index is 2.13. The largest absolute Gasteiger partial charge is 0.478 e. The third-order valence-corrected chi connectivity index (χ3v) is 3.54. The second-order valence-corrected chi connectivity index (χ2v) is 5.18. The van der Waals surface area contributed by atoms with Crippen LogP contribution in [0, 0.1) is 13.8 Å². The van der Waals surface area contributed by atoms with Crippen molar-refractivity contribution in [3.05, 3.63) is 63.4 Å². The topological polar surface area (TPSA) is 85.3 Å². The average Bonchev–Trinajstić information content (AvgIpc) is 2.81. The van der Waals surface area contributed by atoms with Gasteiger partial charge in [-0.15, -0.1) is 0 Å². The third kappa shape index (κ3) is 2.28. The molecule has 22 heavy (non-hydrogen) atoms. The first-order chi connectivity index (χ1) is 10.5. The van der Waals surface area contributed by atoms with Gasteiger partial charge in [0.05, 0.1) is 6.54 Å². The van der Waals surface area contributed by atoms with Gasteiger partial charge in [0.2, 0.25) is 5.71 Å². The summed E-state index contributed by atoms with van der Waals surface area (Å²) < 4.78 is 6.64. The van der Waals surface area contributed by atoms with Gasteiger partial charge < -0.3 is 9.52 Å². The molecule has 0 aliphatic rings. The van der Waals surface area contributed by atoms with E-state index in [9.17, 15) is 14.7 Å².